The average molecular weight is 304 g/mol. The van der Waals surface area contributed by atoms with Gasteiger partial charge in [-0.2, -0.15) is 13.2 Å². The predicted molar refractivity (Wildman–Crippen MR) is 68.1 cm³/mol. The third kappa shape index (κ3) is 6.63. The minimum Gasteiger partial charge on any atom is -0.395 e. The molecular weight excluding hydrogens is 292 g/mol. The van der Waals surface area contributed by atoms with Gasteiger partial charge >= 0.3 is 12.2 Å². The minimum atomic E-state index is -4.52. The normalized spacial score (nSPS) is 10.5. The van der Waals surface area contributed by atoms with E-state index in [1.165, 1.54) is 6.07 Å². The number of nitrogens with one attached hydrogen (secondary N) is 2. The zero-order valence-electron chi connectivity index (χ0n) is 10.7. The highest BCUT2D eigenvalue weighted by atomic mass is 19.4. The highest BCUT2D eigenvalue weighted by molar-refractivity contribution is 5.90. The van der Waals surface area contributed by atoms with Crippen molar-refractivity contribution in [3.63, 3.8) is 0 Å². The van der Waals surface area contributed by atoms with Crippen LogP contribution in [0.4, 0.5) is 28.0 Å². The van der Waals surface area contributed by atoms with E-state index in [1.54, 1.807) is 5.32 Å². The Bertz CT molecular complexity index is 562. The third-order valence-corrected chi connectivity index (χ3v) is 2.14. The average Bonchev–Trinajstić information content (AvgIpc) is 2.39. The summed E-state index contributed by atoms with van der Waals surface area (Å²) in [6.45, 7) is -1.66. The Morgan fingerprint density at radius 1 is 1.33 bits per heavy atom. The van der Waals surface area contributed by atoms with Crippen molar-refractivity contribution >= 4 is 11.7 Å². The van der Waals surface area contributed by atoms with E-state index in [2.05, 4.69) is 17.2 Å². The van der Waals surface area contributed by atoms with E-state index in [-0.39, 0.29) is 24.3 Å². The maximum absolute atomic E-state index is 13.1. The Labute approximate surface area is 118 Å². The molecule has 0 unspecified atom stereocenters. The van der Waals surface area contributed by atoms with Crippen molar-refractivity contribution in [3.8, 4) is 11.8 Å². The number of carbonyl (C=O) groups excluding carboxylic acids is 1. The standard InChI is InChI=1S/C13H12F4N2O2/c14-10-4-5-11(9(7-10)3-1-2-6-20)19-12(21)18-8-13(15,16)17/h4-5,7,20H,2,6,8H2,(H2,18,19,21). The highest BCUT2D eigenvalue weighted by Gasteiger charge is 2.27. The third-order valence-electron chi connectivity index (χ3n) is 2.14. The maximum atomic E-state index is 13.1. The molecule has 0 bridgehead atoms. The lowest BCUT2D eigenvalue weighted by molar-refractivity contribution is -0.122. The molecule has 8 heteroatoms. The van der Waals surface area contributed by atoms with Gasteiger partial charge in [-0.3, -0.25) is 0 Å². The fraction of sp³-hybridized carbons (Fsp3) is 0.308. The maximum Gasteiger partial charge on any atom is 0.405 e. The van der Waals surface area contributed by atoms with Crippen molar-refractivity contribution in [2.24, 2.45) is 0 Å². The molecule has 1 rings (SSSR count). The predicted octanol–water partition coefficient (Wildman–Crippen LogP) is 2.24. The first-order valence-corrected chi connectivity index (χ1v) is 5.82. The van der Waals surface area contributed by atoms with Crippen LogP contribution in [0.3, 0.4) is 0 Å². The van der Waals surface area contributed by atoms with Gasteiger partial charge in [-0.05, 0) is 18.2 Å². The molecule has 0 radical (unpaired) electrons. The van der Waals surface area contributed by atoms with Gasteiger partial charge in [0.15, 0.2) is 0 Å². The van der Waals surface area contributed by atoms with Crippen molar-refractivity contribution < 1.29 is 27.5 Å². The van der Waals surface area contributed by atoms with E-state index >= 15 is 0 Å². The molecule has 0 saturated carbocycles. The number of anilines is 1. The zero-order valence-corrected chi connectivity index (χ0v) is 10.7. The molecule has 1 aromatic carbocycles. The van der Waals surface area contributed by atoms with Crippen LogP contribution in [0.25, 0.3) is 0 Å². The summed E-state index contributed by atoms with van der Waals surface area (Å²) in [6, 6.07) is 2.18. The van der Waals surface area contributed by atoms with Crippen LogP contribution >= 0.6 is 0 Å². The van der Waals surface area contributed by atoms with Crippen LogP contribution in [0.5, 0.6) is 0 Å². The van der Waals surface area contributed by atoms with Gasteiger partial charge in [-0.15, -0.1) is 0 Å². The molecule has 0 spiro atoms. The summed E-state index contributed by atoms with van der Waals surface area (Å²) in [6.07, 6.45) is -4.37. The number of carbonyl (C=O) groups is 1. The molecule has 21 heavy (non-hydrogen) atoms. The molecular formula is C13H12F4N2O2. The van der Waals surface area contributed by atoms with E-state index < -0.39 is 24.6 Å². The lowest BCUT2D eigenvalue weighted by Crippen LogP contribution is -2.36. The Morgan fingerprint density at radius 3 is 2.67 bits per heavy atom. The second-order valence-electron chi connectivity index (χ2n) is 3.89. The summed E-state index contributed by atoms with van der Waals surface area (Å²) >= 11 is 0. The molecule has 0 aliphatic heterocycles. The van der Waals surface area contributed by atoms with Crippen LogP contribution in [0.15, 0.2) is 18.2 Å². The van der Waals surface area contributed by atoms with Crippen LogP contribution in [0, 0.1) is 17.7 Å². The summed E-state index contributed by atoms with van der Waals surface area (Å²) < 4.78 is 49.0. The lowest BCUT2D eigenvalue weighted by Gasteiger charge is -2.11. The van der Waals surface area contributed by atoms with Crippen LogP contribution in [0.1, 0.15) is 12.0 Å². The van der Waals surface area contributed by atoms with Crippen LogP contribution < -0.4 is 10.6 Å². The first kappa shape index (κ1) is 16.8. The van der Waals surface area contributed by atoms with Gasteiger partial charge < -0.3 is 15.7 Å². The van der Waals surface area contributed by atoms with E-state index in [9.17, 15) is 22.4 Å². The number of hydrogen-bond acceptors (Lipinski definition) is 2. The number of aliphatic hydroxyl groups is 1. The molecule has 0 saturated heterocycles. The molecule has 2 amide bonds. The molecule has 0 heterocycles. The van der Waals surface area contributed by atoms with Gasteiger partial charge in [0, 0.05) is 6.42 Å². The molecule has 0 aromatic heterocycles. The van der Waals surface area contributed by atoms with Gasteiger partial charge in [-0.25, -0.2) is 9.18 Å². The van der Waals surface area contributed by atoms with Crippen molar-refractivity contribution in [1.29, 1.82) is 0 Å². The van der Waals surface area contributed by atoms with Crippen LogP contribution in [0.2, 0.25) is 0 Å². The Morgan fingerprint density at radius 2 is 2.05 bits per heavy atom. The van der Waals surface area contributed by atoms with Crippen LogP contribution in [-0.2, 0) is 0 Å². The van der Waals surface area contributed by atoms with Crippen molar-refractivity contribution in [2.45, 2.75) is 12.6 Å². The number of halogens is 4. The number of alkyl halides is 3. The molecule has 3 N–H and O–H groups in total. The number of benzene rings is 1. The Hall–Kier alpha value is -2.27. The number of urea groups is 1. The molecule has 1 aromatic rings. The first-order valence-electron chi connectivity index (χ1n) is 5.82. The zero-order chi connectivity index (χ0) is 15.9. The molecule has 0 aliphatic carbocycles. The van der Waals surface area contributed by atoms with Gasteiger partial charge in [-0.1, -0.05) is 11.8 Å². The van der Waals surface area contributed by atoms with Crippen LogP contribution in [-0.4, -0.2) is 30.5 Å². The minimum absolute atomic E-state index is 0.0708. The number of amides is 2. The second kappa shape index (κ2) is 7.50. The second-order valence-corrected chi connectivity index (χ2v) is 3.89. The van der Waals surface area contributed by atoms with Gasteiger partial charge in [0.2, 0.25) is 0 Å². The molecule has 114 valence electrons. The monoisotopic (exact) mass is 304 g/mol. The number of aliphatic hydroxyl groups excluding tert-OH is 1. The summed E-state index contributed by atoms with van der Waals surface area (Å²) in [4.78, 5) is 11.3. The lowest BCUT2D eigenvalue weighted by atomic mass is 10.1. The Balaban J connectivity index is 2.78. The molecule has 0 atom stereocenters. The number of hydrogen-bond donors (Lipinski definition) is 3. The molecule has 0 fully saturated rings. The summed E-state index contributed by atoms with van der Waals surface area (Å²) in [7, 11) is 0. The number of rotatable bonds is 3. The topological polar surface area (TPSA) is 61.4 Å². The van der Waals surface area contributed by atoms with Crippen molar-refractivity contribution in [2.75, 3.05) is 18.5 Å². The first-order chi connectivity index (χ1) is 9.81. The van der Waals surface area contributed by atoms with Crippen molar-refractivity contribution in [3.05, 3.63) is 29.6 Å². The van der Waals surface area contributed by atoms with Gasteiger partial charge in [0.25, 0.3) is 0 Å². The summed E-state index contributed by atoms with van der Waals surface area (Å²) in [5, 5.41) is 12.4. The summed E-state index contributed by atoms with van der Waals surface area (Å²) in [5.41, 5.74) is 0.173. The van der Waals surface area contributed by atoms with E-state index in [1.807, 2.05) is 0 Å². The fourth-order valence-electron chi connectivity index (χ4n) is 1.29. The van der Waals surface area contributed by atoms with E-state index in [0.29, 0.717) is 0 Å². The highest BCUT2D eigenvalue weighted by Crippen LogP contribution is 2.16. The van der Waals surface area contributed by atoms with Gasteiger partial charge in [0.1, 0.15) is 12.4 Å². The SMILES string of the molecule is O=C(NCC(F)(F)F)Nc1ccc(F)cc1C#CCCO. The molecule has 0 aliphatic rings. The fourth-order valence-corrected chi connectivity index (χ4v) is 1.29. The van der Waals surface area contributed by atoms with E-state index in [4.69, 9.17) is 5.11 Å². The van der Waals surface area contributed by atoms with Crippen molar-refractivity contribution in [1.82, 2.24) is 5.32 Å². The summed E-state index contributed by atoms with van der Waals surface area (Å²) in [5.74, 6) is 4.44. The van der Waals surface area contributed by atoms with Gasteiger partial charge in [0.05, 0.1) is 17.9 Å². The van der Waals surface area contributed by atoms with E-state index in [0.717, 1.165) is 12.1 Å². The Kier molecular flexibility index (Phi) is 5.99. The quantitative estimate of drug-likeness (QED) is 0.592. The smallest absolute Gasteiger partial charge is 0.395 e. The molecule has 4 nitrogen and oxygen atoms in total. The largest absolute Gasteiger partial charge is 0.405 e.